The second-order valence-electron chi connectivity index (χ2n) is 5.63. The van der Waals surface area contributed by atoms with Crippen molar-refractivity contribution in [1.82, 2.24) is 5.32 Å². The van der Waals surface area contributed by atoms with E-state index in [0.29, 0.717) is 6.54 Å². The Morgan fingerprint density at radius 1 is 1.47 bits per heavy atom. The molecule has 0 spiro atoms. The van der Waals surface area contributed by atoms with Crippen molar-refractivity contribution in [2.24, 2.45) is 0 Å². The van der Waals surface area contributed by atoms with Crippen LogP contribution < -0.4 is 5.32 Å². The third-order valence-electron chi connectivity index (χ3n) is 3.48. The zero-order chi connectivity index (χ0) is 13.9. The minimum Gasteiger partial charge on any atom is -0.480 e. The van der Waals surface area contributed by atoms with E-state index in [4.69, 9.17) is 4.74 Å². The van der Waals surface area contributed by atoms with Crippen LogP contribution in [-0.2, 0) is 9.53 Å². The fourth-order valence-electron chi connectivity index (χ4n) is 2.46. The monoisotopic (exact) mass is 263 g/mol. The molecule has 2 rings (SSSR count). The van der Waals surface area contributed by atoms with Crippen LogP contribution in [0, 0.1) is 0 Å². The quantitative estimate of drug-likeness (QED) is 0.856. The van der Waals surface area contributed by atoms with E-state index < -0.39 is 12.0 Å². The van der Waals surface area contributed by atoms with Crippen LogP contribution in [0.2, 0.25) is 0 Å². The number of carboxylic acids is 1. The highest BCUT2D eigenvalue weighted by Crippen LogP contribution is 2.29. The van der Waals surface area contributed by atoms with Gasteiger partial charge in [-0.2, -0.15) is 0 Å². The summed E-state index contributed by atoms with van der Waals surface area (Å²) in [5.74, 6) is -0.858. The third kappa shape index (κ3) is 3.78. The molecule has 104 valence electrons. The highest BCUT2D eigenvalue weighted by atomic mass is 16.5. The Morgan fingerprint density at radius 3 is 2.68 bits per heavy atom. The van der Waals surface area contributed by atoms with Gasteiger partial charge in [0.2, 0.25) is 0 Å². The fraction of sp³-hybridized carbons (Fsp3) is 0.533. The second kappa shape index (κ2) is 5.72. The summed E-state index contributed by atoms with van der Waals surface area (Å²) in [6.45, 7) is 4.70. The van der Waals surface area contributed by atoms with E-state index in [0.717, 1.165) is 18.4 Å². The number of hydrogen-bond acceptors (Lipinski definition) is 3. The Labute approximate surface area is 113 Å². The molecule has 1 saturated heterocycles. The van der Waals surface area contributed by atoms with E-state index in [1.807, 2.05) is 30.3 Å². The topological polar surface area (TPSA) is 58.6 Å². The molecule has 1 aromatic rings. The van der Waals surface area contributed by atoms with Crippen LogP contribution >= 0.6 is 0 Å². The standard InChI is InChI=1S/C15H21NO3/c1-15(2)9-8-12(19-15)10-16-13(14(17)18)11-6-4-3-5-7-11/h3-7,12-13,16H,8-10H2,1-2H3,(H,17,18). The normalized spacial score (nSPS) is 23.2. The van der Waals surface area contributed by atoms with Crippen molar-refractivity contribution in [3.8, 4) is 0 Å². The zero-order valence-corrected chi connectivity index (χ0v) is 11.4. The third-order valence-corrected chi connectivity index (χ3v) is 3.48. The summed E-state index contributed by atoms with van der Waals surface area (Å²) in [5, 5.41) is 12.4. The van der Waals surface area contributed by atoms with Gasteiger partial charge in [0.25, 0.3) is 0 Å². The van der Waals surface area contributed by atoms with Crippen molar-refractivity contribution >= 4 is 5.97 Å². The van der Waals surface area contributed by atoms with E-state index in [1.54, 1.807) is 0 Å². The molecular formula is C15H21NO3. The molecule has 2 unspecified atom stereocenters. The summed E-state index contributed by atoms with van der Waals surface area (Å²) in [4.78, 5) is 11.3. The molecule has 0 aliphatic carbocycles. The number of rotatable bonds is 5. The molecule has 1 aliphatic heterocycles. The Balaban J connectivity index is 1.94. The maximum absolute atomic E-state index is 11.3. The average Bonchev–Trinajstić information content (AvgIpc) is 2.70. The zero-order valence-electron chi connectivity index (χ0n) is 11.4. The fourth-order valence-corrected chi connectivity index (χ4v) is 2.46. The van der Waals surface area contributed by atoms with E-state index in [-0.39, 0.29) is 11.7 Å². The molecule has 2 N–H and O–H groups in total. The molecule has 0 radical (unpaired) electrons. The summed E-state index contributed by atoms with van der Waals surface area (Å²) in [5.41, 5.74) is 0.685. The molecule has 1 aromatic carbocycles. The lowest BCUT2D eigenvalue weighted by Crippen LogP contribution is -2.35. The molecule has 4 nitrogen and oxygen atoms in total. The summed E-state index contributed by atoms with van der Waals surface area (Å²) in [7, 11) is 0. The molecule has 2 atom stereocenters. The first kappa shape index (κ1) is 14.0. The predicted molar refractivity (Wildman–Crippen MR) is 73.0 cm³/mol. The van der Waals surface area contributed by atoms with Gasteiger partial charge in [-0.05, 0) is 32.3 Å². The Kier molecular flexibility index (Phi) is 4.22. The van der Waals surface area contributed by atoms with Gasteiger partial charge >= 0.3 is 5.97 Å². The van der Waals surface area contributed by atoms with Gasteiger partial charge in [-0.15, -0.1) is 0 Å². The molecule has 1 heterocycles. The molecule has 1 fully saturated rings. The Morgan fingerprint density at radius 2 is 2.16 bits per heavy atom. The number of nitrogens with one attached hydrogen (secondary N) is 1. The number of aliphatic carboxylic acids is 1. The van der Waals surface area contributed by atoms with Crippen LogP contribution in [0.5, 0.6) is 0 Å². The van der Waals surface area contributed by atoms with Crippen molar-refractivity contribution in [2.45, 2.75) is 44.4 Å². The summed E-state index contributed by atoms with van der Waals surface area (Å²) < 4.78 is 5.86. The van der Waals surface area contributed by atoms with Gasteiger partial charge in [-0.25, -0.2) is 0 Å². The van der Waals surface area contributed by atoms with E-state index in [9.17, 15) is 9.90 Å². The molecule has 19 heavy (non-hydrogen) atoms. The summed E-state index contributed by atoms with van der Waals surface area (Å²) in [6.07, 6.45) is 2.09. The predicted octanol–water partition coefficient (Wildman–Crippen LogP) is 2.36. The van der Waals surface area contributed by atoms with E-state index >= 15 is 0 Å². The Hall–Kier alpha value is -1.39. The molecular weight excluding hydrogens is 242 g/mol. The van der Waals surface area contributed by atoms with Crippen molar-refractivity contribution in [2.75, 3.05) is 6.54 Å². The number of benzene rings is 1. The number of hydrogen-bond donors (Lipinski definition) is 2. The van der Waals surface area contributed by atoms with E-state index in [2.05, 4.69) is 19.2 Å². The van der Waals surface area contributed by atoms with Gasteiger partial charge in [0.15, 0.2) is 0 Å². The first-order chi connectivity index (χ1) is 8.98. The second-order valence-corrected chi connectivity index (χ2v) is 5.63. The molecule has 0 aromatic heterocycles. The minimum atomic E-state index is -0.858. The van der Waals surface area contributed by atoms with Crippen molar-refractivity contribution in [3.05, 3.63) is 35.9 Å². The van der Waals surface area contributed by atoms with Crippen molar-refractivity contribution < 1.29 is 14.6 Å². The highest BCUT2D eigenvalue weighted by molar-refractivity contribution is 5.75. The first-order valence-electron chi connectivity index (χ1n) is 6.67. The van der Waals surface area contributed by atoms with Gasteiger partial charge in [0, 0.05) is 6.54 Å². The van der Waals surface area contributed by atoms with Crippen LogP contribution in [0.4, 0.5) is 0 Å². The van der Waals surface area contributed by atoms with Crippen LogP contribution in [0.15, 0.2) is 30.3 Å². The molecule has 0 amide bonds. The molecule has 1 aliphatic rings. The van der Waals surface area contributed by atoms with Crippen molar-refractivity contribution in [3.63, 3.8) is 0 Å². The lowest BCUT2D eigenvalue weighted by Gasteiger charge is -2.21. The summed E-state index contributed by atoms with van der Waals surface area (Å²) in [6, 6.07) is 8.56. The average molecular weight is 263 g/mol. The highest BCUT2D eigenvalue weighted by Gasteiger charge is 2.32. The van der Waals surface area contributed by atoms with Crippen LogP contribution in [0.1, 0.15) is 38.3 Å². The molecule has 0 saturated carbocycles. The minimum absolute atomic E-state index is 0.0855. The maximum Gasteiger partial charge on any atom is 0.325 e. The molecule has 0 bridgehead atoms. The number of carboxylic acid groups (broad SMARTS) is 1. The molecule has 4 heteroatoms. The van der Waals surface area contributed by atoms with E-state index in [1.165, 1.54) is 0 Å². The smallest absolute Gasteiger partial charge is 0.325 e. The van der Waals surface area contributed by atoms with Crippen LogP contribution in [0.25, 0.3) is 0 Å². The Bertz CT molecular complexity index is 430. The van der Waals surface area contributed by atoms with Gasteiger partial charge in [-0.1, -0.05) is 30.3 Å². The largest absolute Gasteiger partial charge is 0.480 e. The van der Waals surface area contributed by atoms with Gasteiger partial charge < -0.3 is 9.84 Å². The number of ether oxygens (including phenoxy) is 1. The van der Waals surface area contributed by atoms with Gasteiger partial charge in [0.05, 0.1) is 11.7 Å². The summed E-state index contributed by atoms with van der Waals surface area (Å²) >= 11 is 0. The van der Waals surface area contributed by atoms with Gasteiger partial charge in [0.1, 0.15) is 6.04 Å². The van der Waals surface area contributed by atoms with Crippen LogP contribution in [0.3, 0.4) is 0 Å². The maximum atomic E-state index is 11.3. The lowest BCUT2D eigenvalue weighted by molar-refractivity contribution is -0.139. The van der Waals surface area contributed by atoms with Crippen molar-refractivity contribution in [1.29, 1.82) is 0 Å². The number of carbonyl (C=O) groups is 1. The van der Waals surface area contributed by atoms with Gasteiger partial charge in [-0.3, -0.25) is 10.1 Å². The van der Waals surface area contributed by atoms with Crippen LogP contribution in [-0.4, -0.2) is 29.3 Å². The SMILES string of the molecule is CC1(C)CCC(CNC(C(=O)O)c2ccccc2)O1. The lowest BCUT2D eigenvalue weighted by atomic mass is 10.0. The first-order valence-corrected chi connectivity index (χ1v) is 6.67.